The number of halogens is 1. The maximum Gasteiger partial charge on any atom is 0.148 e. The van der Waals surface area contributed by atoms with E-state index >= 15 is 0 Å². The van der Waals surface area contributed by atoms with Gasteiger partial charge in [0.25, 0.3) is 0 Å². The van der Waals surface area contributed by atoms with Crippen LogP contribution < -0.4 is 5.32 Å². The van der Waals surface area contributed by atoms with Crippen molar-refractivity contribution in [3.8, 4) is 0 Å². The third-order valence-electron chi connectivity index (χ3n) is 3.14. The third kappa shape index (κ3) is 2.64. The Hall–Kier alpha value is -0.830. The molecule has 16 heavy (non-hydrogen) atoms. The molecular formula is C12H18ClN3. The number of hydrogen-bond acceptors (Lipinski definition) is 3. The van der Waals surface area contributed by atoms with Crippen LogP contribution in [0.15, 0.2) is 6.33 Å². The fourth-order valence-corrected chi connectivity index (χ4v) is 2.48. The summed E-state index contributed by atoms with van der Waals surface area (Å²) >= 11 is 6.24. The van der Waals surface area contributed by atoms with Crippen molar-refractivity contribution < 1.29 is 0 Å². The van der Waals surface area contributed by atoms with Crippen LogP contribution in [0.2, 0.25) is 5.02 Å². The third-order valence-corrected chi connectivity index (χ3v) is 3.54. The molecular weight excluding hydrogens is 222 g/mol. The highest BCUT2D eigenvalue weighted by molar-refractivity contribution is 6.33. The molecule has 1 saturated carbocycles. The van der Waals surface area contributed by atoms with Gasteiger partial charge in [-0.1, -0.05) is 37.8 Å². The molecule has 0 amide bonds. The minimum atomic E-state index is 0.533. The summed E-state index contributed by atoms with van der Waals surface area (Å²) in [6.07, 6.45) is 8.86. The Morgan fingerprint density at radius 2 is 2.06 bits per heavy atom. The molecule has 88 valence electrons. The highest BCUT2D eigenvalue weighted by Gasteiger charge is 2.16. The second-order valence-corrected chi connectivity index (χ2v) is 4.69. The summed E-state index contributed by atoms with van der Waals surface area (Å²) in [5, 5.41) is 4.13. The Labute approximate surface area is 102 Å². The lowest BCUT2D eigenvalue weighted by molar-refractivity contribution is 0.462. The zero-order valence-corrected chi connectivity index (χ0v) is 10.4. The predicted molar refractivity (Wildman–Crippen MR) is 66.9 cm³/mol. The van der Waals surface area contributed by atoms with Crippen molar-refractivity contribution in [1.82, 2.24) is 9.97 Å². The van der Waals surface area contributed by atoms with Crippen LogP contribution in [0.25, 0.3) is 0 Å². The van der Waals surface area contributed by atoms with Gasteiger partial charge in [-0.3, -0.25) is 0 Å². The van der Waals surface area contributed by atoms with Gasteiger partial charge >= 0.3 is 0 Å². The first-order valence-corrected chi connectivity index (χ1v) is 6.45. The zero-order valence-electron chi connectivity index (χ0n) is 9.67. The monoisotopic (exact) mass is 239 g/mol. The van der Waals surface area contributed by atoms with Crippen LogP contribution in [-0.4, -0.2) is 16.0 Å². The normalized spacial score (nSPS) is 17.4. The molecule has 1 N–H and O–H groups in total. The molecule has 0 spiro atoms. The van der Waals surface area contributed by atoms with Gasteiger partial charge in [-0.25, -0.2) is 9.97 Å². The van der Waals surface area contributed by atoms with Crippen LogP contribution in [0.3, 0.4) is 0 Å². The van der Waals surface area contributed by atoms with E-state index in [1.165, 1.54) is 32.1 Å². The number of hydrogen-bond donors (Lipinski definition) is 1. The van der Waals surface area contributed by atoms with Crippen LogP contribution >= 0.6 is 11.6 Å². The Bertz CT molecular complexity index is 348. The molecule has 0 saturated heterocycles. The van der Waals surface area contributed by atoms with E-state index in [2.05, 4.69) is 22.2 Å². The summed E-state index contributed by atoms with van der Waals surface area (Å²) in [6.45, 7) is 2.05. The van der Waals surface area contributed by atoms with Crippen molar-refractivity contribution >= 4 is 17.4 Å². The largest absolute Gasteiger partial charge is 0.366 e. The lowest BCUT2D eigenvalue weighted by Crippen LogP contribution is -2.23. The van der Waals surface area contributed by atoms with Gasteiger partial charge in [0.05, 0.1) is 5.69 Å². The van der Waals surface area contributed by atoms with Crippen molar-refractivity contribution in [3.63, 3.8) is 0 Å². The van der Waals surface area contributed by atoms with Crippen molar-refractivity contribution in [3.05, 3.63) is 17.0 Å². The van der Waals surface area contributed by atoms with Gasteiger partial charge in [0.15, 0.2) is 0 Å². The van der Waals surface area contributed by atoms with Gasteiger partial charge in [-0.05, 0) is 19.3 Å². The highest BCUT2D eigenvalue weighted by Crippen LogP contribution is 2.26. The van der Waals surface area contributed by atoms with Crippen LogP contribution in [0.1, 0.15) is 44.7 Å². The molecule has 1 aromatic rings. The van der Waals surface area contributed by atoms with Crippen molar-refractivity contribution in [2.75, 3.05) is 5.32 Å². The molecule has 4 heteroatoms. The maximum absolute atomic E-state index is 6.24. The van der Waals surface area contributed by atoms with Crippen LogP contribution in [-0.2, 0) is 6.42 Å². The predicted octanol–water partition coefficient (Wildman–Crippen LogP) is 3.44. The number of nitrogens with zero attached hydrogens (tertiary/aromatic N) is 2. The Morgan fingerprint density at radius 3 is 2.75 bits per heavy atom. The molecule has 0 aliphatic heterocycles. The summed E-state index contributed by atoms with van der Waals surface area (Å²) in [5.74, 6) is 0.806. The Morgan fingerprint density at radius 1 is 1.31 bits per heavy atom. The minimum absolute atomic E-state index is 0.533. The molecule has 0 atom stereocenters. The van der Waals surface area contributed by atoms with E-state index < -0.39 is 0 Å². The van der Waals surface area contributed by atoms with Crippen LogP contribution in [0.5, 0.6) is 0 Å². The number of nitrogens with one attached hydrogen (secondary N) is 1. The number of aryl methyl sites for hydroxylation is 1. The van der Waals surface area contributed by atoms with Gasteiger partial charge in [-0.2, -0.15) is 0 Å². The second kappa shape index (κ2) is 5.48. The van der Waals surface area contributed by atoms with Gasteiger partial charge in [0.2, 0.25) is 0 Å². The fourth-order valence-electron chi connectivity index (χ4n) is 2.19. The molecule has 3 nitrogen and oxygen atoms in total. The van der Waals surface area contributed by atoms with Gasteiger partial charge in [0.1, 0.15) is 17.2 Å². The molecule has 2 rings (SSSR count). The summed E-state index contributed by atoms with van der Waals surface area (Å²) in [7, 11) is 0. The first kappa shape index (κ1) is 11.6. The highest BCUT2D eigenvalue weighted by atomic mass is 35.5. The molecule has 0 radical (unpaired) electrons. The molecule has 0 unspecified atom stereocenters. The van der Waals surface area contributed by atoms with Crippen molar-refractivity contribution in [2.45, 2.75) is 51.5 Å². The van der Waals surface area contributed by atoms with E-state index in [0.29, 0.717) is 11.1 Å². The summed E-state index contributed by atoms with van der Waals surface area (Å²) in [5.41, 5.74) is 0.926. The number of rotatable bonds is 3. The van der Waals surface area contributed by atoms with Gasteiger partial charge in [0, 0.05) is 6.04 Å². The lowest BCUT2D eigenvalue weighted by atomic mass is 9.95. The molecule has 1 heterocycles. The smallest absolute Gasteiger partial charge is 0.148 e. The first-order chi connectivity index (χ1) is 7.81. The van der Waals surface area contributed by atoms with E-state index in [4.69, 9.17) is 11.6 Å². The minimum Gasteiger partial charge on any atom is -0.366 e. The summed E-state index contributed by atoms with van der Waals surface area (Å²) in [6, 6.07) is 0.533. The topological polar surface area (TPSA) is 37.8 Å². The van der Waals surface area contributed by atoms with Crippen molar-refractivity contribution in [1.29, 1.82) is 0 Å². The Kier molecular flexibility index (Phi) is 3.99. The first-order valence-electron chi connectivity index (χ1n) is 6.07. The molecule has 1 fully saturated rings. The van der Waals surface area contributed by atoms with E-state index in [9.17, 15) is 0 Å². The summed E-state index contributed by atoms with van der Waals surface area (Å²) < 4.78 is 0. The van der Waals surface area contributed by atoms with Gasteiger partial charge < -0.3 is 5.32 Å². The second-order valence-electron chi connectivity index (χ2n) is 4.32. The maximum atomic E-state index is 6.24. The SMILES string of the molecule is CCc1ncnc(NC2CCCCC2)c1Cl. The molecule has 0 aromatic carbocycles. The summed E-state index contributed by atoms with van der Waals surface area (Å²) in [4.78, 5) is 8.39. The molecule has 1 aliphatic rings. The fraction of sp³-hybridized carbons (Fsp3) is 0.667. The van der Waals surface area contributed by atoms with E-state index in [1.807, 2.05) is 0 Å². The molecule has 1 aliphatic carbocycles. The van der Waals surface area contributed by atoms with E-state index in [1.54, 1.807) is 6.33 Å². The lowest BCUT2D eigenvalue weighted by Gasteiger charge is -2.23. The van der Waals surface area contributed by atoms with Crippen LogP contribution in [0.4, 0.5) is 5.82 Å². The van der Waals surface area contributed by atoms with Gasteiger partial charge in [-0.15, -0.1) is 0 Å². The van der Waals surface area contributed by atoms with E-state index in [0.717, 1.165) is 17.9 Å². The number of anilines is 1. The van der Waals surface area contributed by atoms with Crippen molar-refractivity contribution in [2.24, 2.45) is 0 Å². The van der Waals surface area contributed by atoms with Crippen LogP contribution in [0, 0.1) is 0 Å². The van der Waals surface area contributed by atoms with E-state index in [-0.39, 0.29) is 0 Å². The standard InChI is InChI=1S/C12H18ClN3/c1-2-10-11(13)12(15-8-14-10)16-9-6-4-3-5-7-9/h8-9H,2-7H2,1H3,(H,14,15,16). The Balaban J connectivity index is 2.08. The molecule has 0 bridgehead atoms. The average Bonchev–Trinajstić information content (AvgIpc) is 2.33. The molecule has 1 aromatic heterocycles. The zero-order chi connectivity index (χ0) is 11.4. The average molecular weight is 240 g/mol. The quantitative estimate of drug-likeness (QED) is 0.878. The number of aromatic nitrogens is 2.